The Kier molecular flexibility index (Phi) is 4.16. The lowest BCUT2D eigenvalue weighted by Crippen LogP contribution is -2.56. The molecule has 0 spiro atoms. The summed E-state index contributed by atoms with van der Waals surface area (Å²) in [6.45, 7) is 0.592. The van der Waals surface area contributed by atoms with Gasteiger partial charge in [0.1, 0.15) is 11.9 Å². The van der Waals surface area contributed by atoms with Gasteiger partial charge >= 0.3 is 18.3 Å². The smallest absolute Gasteiger partial charge is 0.433 e. The summed E-state index contributed by atoms with van der Waals surface area (Å²) < 4.78 is 78.7. The summed E-state index contributed by atoms with van der Waals surface area (Å²) in [5.41, 5.74) is -1.29. The molecule has 3 fully saturated rings. The quantitative estimate of drug-likeness (QED) is 0.770. The number of aliphatic carboxylic acids is 1. The molecule has 1 aromatic heterocycles. The Bertz CT molecular complexity index is 786. The van der Waals surface area contributed by atoms with E-state index in [1.54, 1.807) is 4.90 Å². The highest BCUT2D eigenvalue weighted by molar-refractivity contribution is 5.68. The highest BCUT2D eigenvalue weighted by atomic mass is 19.4. The van der Waals surface area contributed by atoms with E-state index in [0.29, 0.717) is 13.1 Å². The predicted octanol–water partition coefficient (Wildman–Crippen LogP) is 2.79. The molecule has 3 aliphatic rings. The number of rotatable bonds is 4. The Morgan fingerprint density at radius 1 is 1.14 bits per heavy atom. The summed E-state index contributed by atoms with van der Waals surface area (Å²) in [7, 11) is 0. The number of nitrogens with zero attached hydrogens (tertiary/aromatic N) is 4. The van der Waals surface area contributed by atoms with Gasteiger partial charge in [0.25, 0.3) is 0 Å². The van der Waals surface area contributed by atoms with Gasteiger partial charge in [-0.3, -0.25) is 4.79 Å². The SMILES string of the molecule is O=C(O)CC1[C@H]2CN(c3cc(C(F)(F)F)nc(N4CC[C@H]4C(F)(F)F)n3)C[C@@H]12. The highest BCUT2D eigenvalue weighted by Crippen LogP contribution is 2.54. The number of carbonyl (C=O) groups is 1. The number of halogens is 6. The minimum Gasteiger partial charge on any atom is -0.481 e. The Labute approximate surface area is 155 Å². The van der Waals surface area contributed by atoms with Crippen LogP contribution in [0.15, 0.2) is 6.07 Å². The van der Waals surface area contributed by atoms with E-state index < -0.39 is 36.0 Å². The van der Waals surface area contributed by atoms with E-state index in [1.807, 2.05) is 0 Å². The van der Waals surface area contributed by atoms with Crippen LogP contribution < -0.4 is 9.80 Å². The molecule has 1 saturated carbocycles. The van der Waals surface area contributed by atoms with Gasteiger partial charge in [-0.1, -0.05) is 0 Å². The second-order valence-corrected chi connectivity index (χ2v) is 7.44. The summed E-state index contributed by atoms with van der Waals surface area (Å²) in [6.07, 6.45) is -9.61. The lowest BCUT2D eigenvalue weighted by molar-refractivity contribution is -0.160. The molecule has 4 rings (SSSR count). The van der Waals surface area contributed by atoms with Crippen molar-refractivity contribution >= 4 is 17.7 Å². The van der Waals surface area contributed by atoms with E-state index in [2.05, 4.69) is 9.97 Å². The van der Waals surface area contributed by atoms with Crippen molar-refractivity contribution in [2.45, 2.75) is 31.2 Å². The van der Waals surface area contributed by atoms with Crippen LogP contribution in [0.5, 0.6) is 0 Å². The standard InChI is InChI=1S/C16H16F6N4O2/c17-15(18,19)10-4-12(25-5-8-7(3-13(27)28)9(8)6-25)24-14(23-10)26-2-1-11(26)16(20,21)22/h4,7-9,11H,1-3,5-6H2,(H,27,28)/t7?,8-,9+,11-/m0/s1. The molecule has 0 amide bonds. The minimum absolute atomic E-state index is 0.00698. The number of anilines is 2. The van der Waals surface area contributed by atoms with Gasteiger partial charge < -0.3 is 14.9 Å². The normalized spacial score (nSPS) is 29.5. The molecule has 154 valence electrons. The van der Waals surface area contributed by atoms with Crippen molar-refractivity contribution in [3.63, 3.8) is 0 Å². The van der Waals surface area contributed by atoms with Crippen molar-refractivity contribution < 1.29 is 36.2 Å². The Balaban J connectivity index is 1.58. The third-order valence-corrected chi connectivity index (χ3v) is 5.75. The zero-order chi connectivity index (χ0) is 20.4. The first kappa shape index (κ1) is 19.1. The van der Waals surface area contributed by atoms with E-state index in [9.17, 15) is 31.1 Å². The second-order valence-electron chi connectivity index (χ2n) is 7.44. The zero-order valence-corrected chi connectivity index (χ0v) is 14.3. The van der Waals surface area contributed by atoms with Crippen molar-refractivity contribution in [2.24, 2.45) is 17.8 Å². The van der Waals surface area contributed by atoms with Crippen LogP contribution in [0.2, 0.25) is 0 Å². The van der Waals surface area contributed by atoms with Crippen LogP contribution in [0.1, 0.15) is 18.5 Å². The van der Waals surface area contributed by atoms with Crippen molar-refractivity contribution in [3.8, 4) is 0 Å². The molecule has 2 aliphatic heterocycles. The minimum atomic E-state index is -4.82. The van der Waals surface area contributed by atoms with E-state index in [4.69, 9.17) is 5.11 Å². The fourth-order valence-electron chi connectivity index (χ4n) is 4.17. The number of fused-ring (bicyclic) bond motifs is 1. The lowest BCUT2D eigenvalue weighted by atomic mass is 10.0. The van der Waals surface area contributed by atoms with Crippen LogP contribution in [-0.2, 0) is 11.0 Å². The van der Waals surface area contributed by atoms with Gasteiger partial charge in [-0.15, -0.1) is 0 Å². The summed E-state index contributed by atoms with van der Waals surface area (Å²) in [5.74, 6) is -1.49. The van der Waals surface area contributed by atoms with Crippen LogP contribution in [0.4, 0.5) is 38.1 Å². The Morgan fingerprint density at radius 3 is 2.25 bits per heavy atom. The summed E-state index contributed by atoms with van der Waals surface area (Å²) in [4.78, 5) is 20.4. The number of carboxylic acid groups (broad SMARTS) is 1. The van der Waals surface area contributed by atoms with Crippen LogP contribution in [0.3, 0.4) is 0 Å². The number of piperidine rings is 1. The number of hydrogen-bond donors (Lipinski definition) is 1. The molecule has 0 radical (unpaired) electrons. The molecule has 2 saturated heterocycles. The largest absolute Gasteiger partial charge is 0.481 e. The molecule has 12 heteroatoms. The van der Waals surface area contributed by atoms with Gasteiger partial charge in [-0.2, -0.15) is 31.3 Å². The van der Waals surface area contributed by atoms with Crippen LogP contribution >= 0.6 is 0 Å². The summed E-state index contributed by atoms with van der Waals surface area (Å²) in [5, 5.41) is 8.85. The van der Waals surface area contributed by atoms with E-state index >= 15 is 0 Å². The molecule has 1 N–H and O–H groups in total. The fourth-order valence-corrected chi connectivity index (χ4v) is 4.17. The third kappa shape index (κ3) is 3.32. The first-order chi connectivity index (χ1) is 12.9. The van der Waals surface area contributed by atoms with E-state index in [0.717, 1.165) is 11.0 Å². The Morgan fingerprint density at radius 2 is 1.79 bits per heavy atom. The molecular formula is C16H16F6N4O2. The van der Waals surface area contributed by atoms with Crippen molar-refractivity contribution in [1.29, 1.82) is 0 Å². The van der Waals surface area contributed by atoms with Gasteiger partial charge in [0, 0.05) is 32.1 Å². The molecule has 0 aromatic carbocycles. The monoisotopic (exact) mass is 410 g/mol. The zero-order valence-electron chi connectivity index (χ0n) is 14.3. The predicted molar refractivity (Wildman–Crippen MR) is 83.8 cm³/mol. The molecule has 0 bridgehead atoms. The average molecular weight is 410 g/mol. The highest BCUT2D eigenvalue weighted by Gasteiger charge is 2.56. The molecule has 4 atom stereocenters. The Hall–Kier alpha value is -2.27. The second kappa shape index (κ2) is 6.11. The fraction of sp³-hybridized carbons (Fsp3) is 0.688. The molecule has 1 aliphatic carbocycles. The molecule has 1 unspecified atom stereocenters. The number of carboxylic acids is 1. The molecule has 28 heavy (non-hydrogen) atoms. The lowest BCUT2D eigenvalue weighted by Gasteiger charge is -2.42. The molecule has 6 nitrogen and oxygen atoms in total. The number of hydrogen-bond acceptors (Lipinski definition) is 5. The van der Waals surface area contributed by atoms with Gasteiger partial charge in [0.05, 0.1) is 0 Å². The molecular weight excluding hydrogens is 394 g/mol. The van der Waals surface area contributed by atoms with Gasteiger partial charge in [0.15, 0.2) is 5.69 Å². The van der Waals surface area contributed by atoms with Crippen molar-refractivity contribution in [3.05, 3.63) is 11.8 Å². The molecule has 3 heterocycles. The van der Waals surface area contributed by atoms with Crippen molar-refractivity contribution in [1.82, 2.24) is 9.97 Å². The van der Waals surface area contributed by atoms with Gasteiger partial charge in [-0.25, -0.2) is 4.98 Å². The summed E-state index contributed by atoms with van der Waals surface area (Å²) in [6, 6.07) is -1.15. The topological polar surface area (TPSA) is 69.6 Å². The van der Waals surface area contributed by atoms with E-state index in [-0.39, 0.29) is 43.0 Å². The number of aromatic nitrogens is 2. The van der Waals surface area contributed by atoms with Gasteiger partial charge in [0.2, 0.25) is 5.95 Å². The van der Waals surface area contributed by atoms with Crippen LogP contribution in [-0.4, -0.2) is 52.9 Å². The maximum atomic E-state index is 13.2. The van der Waals surface area contributed by atoms with Crippen LogP contribution in [0, 0.1) is 17.8 Å². The maximum Gasteiger partial charge on any atom is 0.433 e. The number of alkyl halides is 6. The van der Waals surface area contributed by atoms with Crippen LogP contribution in [0.25, 0.3) is 0 Å². The maximum absolute atomic E-state index is 13.2. The van der Waals surface area contributed by atoms with Gasteiger partial charge in [-0.05, 0) is 24.2 Å². The third-order valence-electron chi connectivity index (χ3n) is 5.75. The van der Waals surface area contributed by atoms with Crippen molar-refractivity contribution in [2.75, 3.05) is 29.4 Å². The average Bonchev–Trinajstić information content (AvgIpc) is 2.95. The first-order valence-corrected chi connectivity index (χ1v) is 8.71. The summed E-state index contributed by atoms with van der Waals surface area (Å²) >= 11 is 0. The molecule has 1 aromatic rings. The first-order valence-electron chi connectivity index (χ1n) is 8.71. The van der Waals surface area contributed by atoms with E-state index in [1.165, 1.54) is 0 Å².